The molecule has 1 atom stereocenters. The van der Waals surface area contributed by atoms with E-state index in [1.165, 1.54) is 10.6 Å². The van der Waals surface area contributed by atoms with Crippen molar-refractivity contribution in [3.63, 3.8) is 0 Å². The van der Waals surface area contributed by atoms with Crippen LogP contribution in [-0.4, -0.2) is 15.3 Å². The van der Waals surface area contributed by atoms with Gasteiger partial charge in [-0.3, -0.25) is 14.0 Å². The van der Waals surface area contributed by atoms with Crippen molar-refractivity contribution in [1.82, 2.24) is 14.7 Å². The fourth-order valence-electron chi connectivity index (χ4n) is 2.96. The van der Waals surface area contributed by atoms with Gasteiger partial charge in [-0.1, -0.05) is 36.4 Å². The number of fused-ring (bicyclic) bond motifs is 1. The van der Waals surface area contributed by atoms with E-state index in [2.05, 4.69) is 10.3 Å². The van der Waals surface area contributed by atoms with Crippen LogP contribution in [0.3, 0.4) is 0 Å². The Morgan fingerprint density at radius 3 is 2.62 bits per heavy atom. The van der Waals surface area contributed by atoms with E-state index in [9.17, 15) is 9.59 Å². The summed E-state index contributed by atoms with van der Waals surface area (Å²) in [6, 6.07) is 15.1. The van der Waals surface area contributed by atoms with Crippen LogP contribution in [-0.2, 0) is 0 Å². The summed E-state index contributed by atoms with van der Waals surface area (Å²) < 4.78 is 1.39. The minimum absolute atomic E-state index is 0.0606. The molecule has 3 aromatic rings. The highest BCUT2D eigenvalue weighted by Crippen LogP contribution is 2.41. The average molecular weight is 319 g/mol. The largest absolute Gasteiger partial charge is 0.345 e. The summed E-state index contributed by atoms with van der Waals surface area (Å²) in [6.45, 7) is 0. The molecule has 24 heavy (non-hydrogen) atoms. The van der Waals surface area contributed by atoms with Crippen molar-refractivity contribution in [2.24, 2.45) is 5.92 Å². The lowest BCUT2D eigenvalue weighted by Crippen LogP contribution is -2.35. The van der Waals surface area contributed by atoms with Crippen molar-refractivity contribution in [3.8, 4) is 0 Å². The van der Waals surface area contributed by atoms with Crippen LogP contribution in [0.15, 0.2) is 65.7 Å². The van der Waals surface area contributed by atoms with Crippen molar-refractivity contribution < 1.29 is 4.79 Å². The van der Waals surface area contributed by atoms with Gasteiger partial charge in [0.1, 0.15) is 11.2 Å². The first-order chi connectivity index (χ1) is 11.7. The van der Waals surface area contributed by atoms with Crippen LogP contribution in [0.25, 0.3) is 5.65 Å². The highest BCUT2D eigenvalue weighted by molar-refractivity contribution is 5.94. The van der Waals surface area contributed by atoms with E-state index in [0.717, 1.165) is 18.4 Å². The molecule has 1 saturated carbocycles. The van der Waals surface area contributed by atoms with Gasteiger partial charge in [0.05, 0.1) is 6.04 Å². The zero-order valence-corrected chi connectivity index (χ0v) is 13.1. The van der Waals surface area contributed by atoms with E-state index in [1.54, 1.807) is 24.4 Å². The number of aromatic nitrogens is 2. The number of carbonyl (C=O) groups excluding carboxylic acids is 1. The standard InChI is InChI=1S/C19H17N3O2/c23-18(15-12-20-16-8-4-5-11-22(16)19(15)24)21-17(14-9-10-14)13-6-2-1-3-7-13/h1-8,11-12,14,17H,9-10H2,(H,21,23). The number of benzene rings is 1. The Morgan fingerprint density at radius 2 is 1.88 bits per heavy atom. The van der Waals surface area contributed by atoms with Crippen molar-refractivity contribution in [2.45, 2.75) is 18.9 Å². The summed E-state index contributed by atoms with van der Waals surface area (Å²) in [5, 5.41) is 3.02. The Hall–Kier alpha value is -2.95. The van der Waals surface area contributed by atoms with Gasteiger partial charge in [0.25, 0.3) is 11.5 Å². The molecule has 0 bridgehead atoms. The van der Waals surface area contributed by atoms with E-state index >= 15 is 0 Å². The number of nitrogens with zero attached hydrogens (tertiary/aromatic N) is 2. The highest BCUT2D eigenvalue weighted by atomic mass is 16.2. The van der Waals surface area contributed by atoms with Crippen molar-refractivity contribution >= 4 is 11.6 Å². The monoisotopic (exact) mass is 319 g/mol. The lowest BCUT2D eigenvalue weighted by atomic mass is 10.0. The van der Waals surface area contributed by atoms with Crippen molar-refractivity contribution in [1.29, 1.82) is 0 Å². The van der Waals surface area contributed by atoms with Crippen LogP contribution >= 0.6 is 0 Å². The average Bonchev–Trinajstić information content (AvgIpc) is 3.46. The van der Waals surface area contributed by atoms with Crippen LogP contribution in [0.4, 0.5) is 0 Å². The lowest BCUT2D eigenvalue weighted by molar-refractivity contribution is 0.0929. The zero-order chi connectivity index (χ0) is 16.5. The van der Waals surface area contributed by atoms with E-state index < -0.39 is 0 Å². The molecule has 5 nitrogen and oxygen atoms in total. The lowest BCUT2D eigenvalue weighted by Gasteiger charge is -2.18. The predicted molar refractivity (Wildman–Crippen MR) is 90.8 cm³/mol. The van der Waals surface area contributed by atoms with Gasteiger partial charge in [0.15, 0.2) is 0 Å². The smallest absolute Gasteiger partial charge is 0.270 e. The van der Waals surface area contributed by atoms with Gasteiger partial charge < -0.3 is 5.32 Å². The summed E-state index contributed by atoms with van der Waals surface area (Å²) in [6.07, 6.45) is 5.17. The molecule has 5 heteroatoms. The van der Waals surface area contributed by atoms with Gasteiger partial charge in [-0.25, -0.2) is 4.98 Å². The summed E-state index contributed by atoms with van der Waals surface area (Å²) in [5.74, 6) is 0.0685. The molecular weight excluding hydrogens is 302 g/mol. The van der Waals surface area contributed by atoms with Gasteiger partial charge in [0, 0.05) is 12.4 Å². The quantitative estimate of drug-likeness (QED) is 0.804. The molecule has 1 amide bonds. The van der Waals surface area contributed by atoms with Gasteiger partial charge in [-0.05, 0) is 36.5 Å². The predicted octanol–water partition coefficient (Wildman–Crippen LogP) is 2.58. The van der Waals surface area contributed by atoms with E-state index in [-0.39, 0.29) is 23.1 Å². The number of nitrogens with one attached hydrogen (secondary N) is 1. The Bertz CT molecular complexity index is 945. The molecule has 0 aliphatic heterocycles. The van der Waals surface area contributed by atoms with Crippen LogP contribution in [0.5, 0.6) is 0 Å². The minimum Gasteiger partial charge on any atom is -0.345 e. The van der Waals surface area contributed by atoms with E-state index in [4.69, 9.17) is 0 Å². The maximum absolute atomic E-state index is 12.7. The zero-order valence-electron chi connectivity index (χ0n) is 13.1. The molecule has 1 aliphatic carbocycles. The van der Waals surface area contributed by atoms with Crippen LogP contribution in [0.2, 0.25) is 0 Å². The molecule has 4 rings (SSSR count). The molecule has 0 radical (unpaired) electrons. The maximum atomic E-state index is 12.7. The second-order valence-electron chi connectivity index (χ2n) is 6.11. The Morgan fingerprint density at radius 1 is 1.12 bits per heavy atom. The van der Waals surface area contributed by atoms with Gasteiger partial charge in [0.2, 0.25) is 0 Å². The second kappa shape index (κ2) is 5.92. The Kier molecular flexibility index (Phi) is 3.61. The molecule has 0 spiro atoms. The van der Waals surface area contributed by atoms with Gasteiger partial charge in [-0.2, -0.15) is 0 Å². The first-order valence-corrected chi connectivity index (χ1v) is 8.06. The fraction of sp³-hybridized carbons (Fsp3) is 0.211. The number of rotatable bonds is 4. The number of carbonyl (C=O) groups is 1. The highest BCUT2D eigenvalue weighted by Gasteiger charge is 2.33. The third kappa shape index (κ3) is 2.69. The molecule has 0 saturated heterocycles. The molecule has 1 aromatic carbocycles. The third-order valence-electron chi connectivity index (χ3n) is 4.40. The Balaban J connectivity index is 1.66. The minimum atomic E-state index is -0.369. The number of amides is 1. The summed E-state index contributed by atoms with van der Waals surface area (Å²) in [4.78, 5) is 29.4. The van der Waals surface area contributed by atoms with Gasteiger partial charge >= 0.3 is 0 Å². The van der Waals surface area contributed by atoms with Gasteiger partial charge in [-0.15, -0.1) is 0 Å². The van der Waals surface area contributed by atoms with Crippen LogP contribution in [0, 0.1) is 5.92 Å². The third-order valence-corrected chi connectivity index (χ3v) is 4.40. The first kappa shape index (κ1) is 14.6. The fourth-order valence-corrected chi connectivity index (χ4v) is 2.96. The van der Waals surface area contributed by atoms with Crippen LogP contribution in [0.1, 0.15) is 34.8 Å². The second-order valence-corrected chi connectivity index (χ2v) is 6.11. The summed E-state index contributed by atoms with van der Waals surface area (Å²) >= 11 is 0. The Labute approximate surface area is 139 Å². The number of hydrogen-bond donors (Lipinski definition) is 1. The maximum Gasteiger partial charge on any atom is 0.270 e. The van der Waals surface area contributed by atoms with Crippen molar-refractivity contribution in [3.05, 3.63) is 82.4 Å². The summed E-state index contributed by atoms with van der Waals surface area (Å²) in [5.41, 5.74) is 1.32. The van der Waals surface area contributed by atoms with E-state index in [1.807, 2.05) is 30.3 Å². The molecule has 120 valence electrons. The molecular formula is C19H17N3O2. The number of pyridine rings is 1. The van der Waals surface area contributed by atoms with Crippen molar-refractivity contribution in [2.75, 3.05) is 0 Å². The molecule has 1 fully saturated rings. The van der Waals surface area contributed by atoms with Crippen LogP contribution < -0.4 is 10.9 Å². The normalized spacial score (nSPS) is 15.2. The molecule has 2 heterocycles. The molecule has 1 unspecified atom stereocenters. The topological polar surface area (TPSA) is 63.5 Å². The number of hydrogen-bond acceptors (Lipinski definition) is 3. The summed E-state index contributed by atoms with van der Waals surface area (Å²) in [7, 11) is 0. The molecule has 1 N–H and O–H groups in total. The first-order valence-electron chi connectivity index (χ1n) is 8.06. The van der Waals surface area contributed by atoms with E-state index in [0.29, 0.717) is 11.6 Å². The molecule has 1 aliphatic rings. The SMILES string of the molecule is O=C(NC(c1ccccc1)C1CC1)c1cnc2ccccn2c1=O. The molecule has 2 aromatic heterocycles.